The first-order valence-corrected chi connectivity index (χ1v) is 7.97. The van der Waals surface area contributed by atoms with E-state index in [9.17, 15) is 14.3 Å². The number of ketones is 1. The number of imidazole rings is 1. The van der Waals surface area contributed by atoms with Gasteiger partial charge in [0.2, 0.25) is 0 Å². The van der Waals surface area contributed by atoms with E-state index in [1.54, 1.807) is 59.4 Å². The summed E-state index contributed by atoms with van der Waals surface area (Å²) in [4.78, 5) is 20.2. The molecule has 0 bridgehead atoms. The Balaban J connectivity index is 1.89. The summed E-state index contributed by atoms with van der Waals surface area (Å²) in [6, 6.07) is 11.4. The Morgan fingerprint density at radius 2 is 1.85 bits per heavy atom. The predicted octanol–water partition coefficient (Wildman–Crippen LogP) is 4.11. The van der Waals surface area contributed by atoms with Crippen molar-refractivity contribution < 1.29 is 14.3 Å². The molecule has 0 aliphatic carbocycles. The molecule has 0 unspecified atom stereocenters. The van der Waals surface area contributed by atoms with Gasteiger partial charge in [-0.25, -0.2) is 9.37 Å². The molecule has 2 aromatic carbocycles. The van der Waals surface area contributed by atoms with Crippen LogP contribution in [0, 0.1) is 5.82 Å². The summed E-state index contributed by atoms with van der Waals surface area (Å²) < 4.78 is 16.5. The highest BCUT2D eigenvalue weighted by Gasteiger charge is 2.15. The molecule has 0 fully saturated rings. The van der Waals surface area contributed by atoms with E-state index in [0.717, 1.165) is 11.3 Å². The van der Waals surface area contributed by atoms with Gasteiger partial charge in [0.1, 0.15) is 11.6 Å². The van der Waals surface area contributed by atoms with Gasteiger partial charge in [-0.05, 0) is 43.3 Å². The van der Waals surface area contributed by atoms with Gasteiger partial charge < -0.3 is 5.11 Å². The van der Waals surface area contributed by atoms with Crippen molar-refractivity contribution in [1.29, 1.82) is 0 Å². The lowest BCUT2D eigenvalue weighted by molar-refractivity contribution is 0.101. The van der Waals surface area contributed by atoms with E-state index in [0.29, 0.717) is 11.3 Å². The van der Waals surface area contributed by atoms with Gasteiger partial charge in [-0.2, -0.15) is 0 Å². The molecule has 0 spiro atoms. The molecule has 4 rings (SSSR count). The molecule has 128 valence electrons. The zero-order chi connectivity index (χ0) is 18.3. The van der Waals surface area contributed by atoms with Gasteiger partial charge in [-0.1, -0.05) is 6.07 Å². The number of fused-ring (bicyclic) bond motifs is 1. The number of nitrogens with zero attached hydrogens (tertiary/aromatic N) is 3. The number of carbonyl (C=O) groups excluding carboxylic acids is 1. The molecular formula is C20H14FN3O2. The SMILES string of the molecule is CC(=O)c1cccc(-c2cn3c(-c4ccc(O)cc4)cnc3cn2)c1F. The van der Waals surface area contributed by atoms with Gasteiger partial charge in [-0.15, -0.1) is 0 Å². The largest absolute Gasteiger partial charge is 0.508 e. The van der Waals surface area contributed by atoms with E-state index in [1.165, 1.54) is 13.0 Å². The predicted molar refractivity (Wildman–Crippen MR) is 95.5 cm³/mol. The zero-order valence-electron chi connectivity index (χ0n) is 13.8. The molecule has 0 aliphatic heterocycles. The van der Waals surface area contributed by atoms with Crippen molar-refractivity contribution in [1.82, 2.24) is 14.4 Å². The van der Waals surface area contributed by atoms with Crippen LogP contribution in [0.4, 0.5) is 4.39 Å². The Labute approximate surface area is 148 Å². The summed E-state index contributed by atoms with van der Waals surface area (Å²) in [6.45, 7) is 1.33. The summed E-state index contributed by atoms with van der Waals surface area (Å²) in [5.41, 5.74) is 2.94. The van der Waals surface area contributed by atoms with E-state index in [1.807, 2.05) is 0 Å². The minimum Gasteiger partial charge on any atom is -0.508 e. The molecule has 26 heavy (non-hydrogen) atoms. The van der Waals surface area contributed by atoms with Gasteiger partial charge in [0, 0.05) is 17.3 Å². The second-order valence-corrected chi connectivity index (χ2v) is 5.91. The lowest BCUT2D eigenvalue weighted by Crippen LogP contribution is -2.00. The number of aromatic hydroxyl groups is 1. The molecule has 0 atom stereocenters. The summed E-state index contributed by atoms with van der Waals surface area (Å²) in [7, 11) is 0. The molecule has 1 N–H and O–H groups in total. The first-order chi connectivity index (χ1) is 12.5. The number of aromatic nitrogens is 3. The highest BCUT2D eigenvalue weighted by molar-refractivity contribution is 5.95. The van der Waals surface area contributed by atoms with Crippen LogP contribution in [0.25, 0.3) is 28.2 Å². The average Bonchev–Trinajstić information content (AvgIpc) is 3.05. The van der Waals surface area contributed by atoms with Crippen molar-refractivity contribution in [2.45, 2.75) is 6.92 Å². The molecule has 5 nitrogen and oxygen atoms in total. The van der Waals surface area contributed by atoms with Crippen molar-refractivity contribution in [3.8, 4) is 28.3 Å². The molecule has 0 saturated carbocycles. The molecule has 0 amide bonds. The first-order valence-electron chi connectivity index (χ1n) is 7.97. The normalized spacial score (nSPS) is 11.0. The molecule has 0 saturated heterocycles. The van der Waals surface area contributed by atoms with E-state index >= 15 is 0 Å². The number of hydrogen-bond donors (Lipinski definition) is 1. The number of phenols is 1. The maximum Gasteiger partial charge on any atom is 0.162 e. The van der Waals surface area contributed by atoms with Gasteiger partial charge in [-0.3, -0.25) is 14.2 Å². The third kappa shape index (κ3) is 2.61. The molecule has 0 aliphatic rings. The number of halogens is 1. The Kier molecular flexibility index (Phi) is 3.73. The van der Waals surface area contributed by atoms with Crippen LogP contribution in [0.15, 0.2) is 61.1 Å². The lowest BCUT2D eigenvalue weighted by atomic mass is 10.0. The molecule has 2 heterocycles. The van der Waals surface area contributed by atoms with Crippen molar-refractivity contribution >= 4 is 11.4 Å². The van der Waals surface area contributed by atoms with Crippen LogP contribution in [0.2, 0.25) is 0 Å². The van der Waals surface area contributed by atoms with Crippen LogP contribution < -0.4 is 0 Å². The van der Waals surface area contributed by atoms with Crippen LogP contribution in [0.5, 0.6) is 5.75 Å². The number of carbonyl (C=O) groups is 1. The Morgan fingerprint density at radius 1 is 1.08 bits per heavy atom. The van der Waals surface area contributed by atoms with Crippen molar-refractivity contribution in [3.05, 3.63) is 72.4 Å². The van der Waals surface area contributed by atoms with E-state index in [4.69, 9.17) is 0 Å². The van der Waals surface area contributed by atoms with Gasteiger partial charge >= 0.3 is 0 Å². The fourth-order valence-electron chi connectivity index (χ4n) is 2.88. The fraction of sp³-hybridized carbons (Fsp3) is 0.0500. The third-order valence-electron chi connectivity index (χ3n) is 4.21. The monoisotopic (exact) mass is 347 g/mol. The minimum absolute atomic E-state index is 0.0359. The highest BCUT2D eigenvalue weighted by Crippen LogP contribution is 2.27. The topological polar surface area (TPSA) is 67.5 Å². The molecule has 4 aromatic rings. The van der Waals surface area contributed by atoms with Crippen molar-refractivity contribution in [3.63, 3.8) is 0 Å². The second kappa shape index (κ2) is 6.07. The highest BCUT2D eigenvalue weighted by atomic mass is 19.1. The van der Waals surface area contributed by atoms with Crippen LogP contribution in [-0.4, -0.2) is 25.3 Å². The second-order valence-electron chi connectivity index (χ2n) is 5.91. The van der Waals surface area contributed by atoms with Crippen molar-refractivity contribution in [2.24, 2.45) is 0 Å². The standard InChI is InChI=1S/C20H14FN3O2/c1-12(25)15-3-2-4-16(20(15)21)17-11-24-18(9-23-19(24)10-22-17)13-5-7-14(26)8-6-13/h2-11,26H,1H3. The van der Waals surface area contributed by atoms with Gasteiger partial charge in [0.25, 0.3) is 0 Å². The quantitative estimate of drug-likeness (QED) is 0.566. The summed E-state index contributed by atoms with van der Waals surface area (Å²) in [5, 5.41) is 9.46. The Hall–Kier alpha value is -3.54. The number of hydrogen-bond acceptors (Lipinski definition) is 4. The van der Waals surface area contributed by atoms with E-state index < -0.39 is 5.82 Å². The van der Waals surface area contributed by atoms with Gasteiger partial charge in [0.05, 0.1) is 29.3 Å². The summed E-state index contributed by atoms with van der Waals surface area (Å²) >= 11 is 0. The Bertz CT molecular complexity index is 1130. The van der Waals surface area contributed by atoms with E-state index in [-0.39, 0.29) is 22.7 Å². The summed E-state index contributed by atoms with van der Waals surface area (Å²) in [6.07, 6.45) is 4.93. The number of rotatable bonds is 3. The van der Waals surface area contributed by atoms with Crippen LogP contribution in [0.3, 0.4) is 0 Å². The molecular weight excluding hydrogens is 333 g/mol. The maximum absolute atomic E-state index is 14.7. The average molecular weight is 347 g/mol. The number of Topliss-reactive ketones (excluding diaryl/α,β-unsaturated/α-hetero) is 1. The maximum atomic E-state index is 14.7. The fourth-order valence-corrected chi connectivity index (χ4v) is 2.88. The lowest BCUT2D eigenvalue weighted by Gasteiger charge is -2.08. The Morgan fingerprint density at radius 3 is 2.58 bits per heavy atom. The minimum atomic E-state index is -0.585. The van der Waals surface area contributed by atoms with E-state index in [2.05, 4.69) is 9.97 Å². The van der Waals surface area contributed by atoms with Crippen LogP contribution in [-0.2, 0) is 0 Å². The van der Waals surface area contributed by atoms with Crippen molar-refractivity contribution in [2.75, 3.05) is 0 Å². The molecule has 0 radical (unpaired) electrons. The summed E-state index contributed by atoms with van der Waals surface area (Å²) in [5.74, 6) is -0.746. The smallest absolute Gasteiger partial charge is 0.162 e. The molecule has 6 heteroatoms. The van der Waals surface area contributed by atoms with Gasteiger partial charge in [0.15, 0.2) is 11.4 Å². The number of phenolic OH excluding ortho intramolecular Hbond substituents is 1. The first kappa shape index (κ1) is 16.0. The third-order valence-corrected chi connectivity index (χ3v) is 4.21. The van der Waals surface area contributed by atoms with Crippen LogP contribution >= 0.6 is 0 Å². The van der Waals surface area contributed by atoms with Crippen LogP contribution in [0.1, 0.15) is 17.3 Å². The zero-order valence-corrected chi connectivity index (χ0v) is 13.8. The number of benzene rings is 2. The molecule has 2 aromatic heterocycles.